The minimum Gasteiger partial charge on any atom is -0.494 e. The molecule has 2 atom stereocenters. The van der Waals surface area contributed by atoms with E-state index >= 15 is 0 Å². The number of aliphatic hydroxyl groups excluding tert-OH is 1. The van der Waals surface area contributed by atoms with E-state index in [0.29, 0.717) is 25.3 Å². The Morgan fingerprint density at radius 1 is 1.40 bits per heavy atom. The van der Waals surface area contributed by atoms with Crippen LogP contribution in [0.15, 0.2) is 24.3 Å². The molecule has 0 bridgehead atoms. The lowest BCUT2D eigenvalue weighted by molar-refractivity contribution is 0.0248. The van der Waals surface area contributed by atoms with Gasteiger partial charge in [0.05, 0.1) is 12.7 Å². The van der Waals surface area contributed by atoms with Crippen molar-refractivity contribution in [2.24, 2.45) is 5.92 Å². The van der Waals surface area contributed by atoms with E-state index in [1.54, 1.807) is 17.0 Å². The van der Waals surface area contributed by atoms with Gasteiger partial charge in [0.1, 0.15) is 5.75 Å². The van der Waals surface area contributed by atoms with E-state index in [1.807, 2.05) is 19.1 Å². The number of carbonyl (C=O) groups excluding carboxylic acids is 1. The monoisotopic (exact) mass is 277 g/mol. The van der Waals surface area contributed by atoms with Gasteiger partial charge in [-0.2, -0.15) is 0 Å². The Hall–Kier alpha value is -1.55. The molecule has 1 heterocycles. The molecule has 0 aromatic heterocycles. The van der Waals surface area contributed by atoms with Crippen LogP contribution in [0.3, 0.4) is 0 Å². The van der Waals surface area contributed by atoms with Crippen molar-refractivity contribution in [2.45, 2.75) is 32.8 Å². The van der Waals surface area contributed by atoms with Crippen LogP contribution in [-0.4, -0.2) is 41.7 Å². The normalized spacial score (nSPS) is 22.6. The molecule has 2 unspecified atom stereocenters. The van der Waals surface area contributed by atoms with Gasteiger partial charge in [-0.1, -0.05) is 13.8 Å². The summed E-state index contributed by atoms with van der Waals surface area (Å²) in [5, 5.41) is 9.87. The van der Waals surface area contributed by atoms with Crippen LogP contribution < -0.4 is 4.74 Å². The molecule has 0 radical (unpaired) electrons. The Bertz CT molecular complexity index is 444. The largest absolute Gasteiger partial charge is 0.494 e. The van der Waals surface area contributed by atoms with Crippen molar-refractivity contribution in [3.8, 4) is 5.75 Å². The first-order valence-electron chi connectivity index (χ1n) is 7.32. The standard InChI is InChI=1S/C16H23NO3/c1-3-10-20-14-6-4-13(5-7-14)16(19)17-9-8-12(2)15(18)11-17/h4-7,12,15,18H,3,8-11H2,1-2H3. The molecule has 4 nitrogen and oxygen atoms in total. The molecule has 0 spiro atoms. The van der Waals surface area contributed by atoms with Gasteiger partial charge in [-0.05, 0) is 43.0 Å². The van der Waals surface area contributed by atoms with E-state index in [9.17, 15) is 9.90 Å². The fourth-order valence-electron chi connectivity index (χ4n) is 2.33. The summed E-state index contributed by atoms with van der Waals surface area (Å²) in [6.45, 7) is 5.90. The molecule has 2 rings (SSSR count). The first-order chi connectivity index (χ1) is 9.61. The number of hydrogen-bond donors (Lipinski definition) is 1. The summed E-state index contributed by atoms with van der Waals surface area (Å²) in [5.41, 5.74) is 0.649. The number of aliphatic hydroxyl groups is 1. The average molecular weight is 277 g/mol. The second-order valence-electron chi connectivity index (χ2n) is 5.46. The smallest absolute Gasteiger partial charge is 0.253 e. The number of likely N-dealkylation sites (tertiary alicyclic amines) is 1. The van der Waals surface area contributed by atoms with E-state index in [0.717, 1.165) is 18.6 Å². The molecule has 20 heavy (non-hydrogen) atoms. The molecule has 1 N–H and O–H groups in total. The van der Waals surface area contributed by atoms with Crippen molar-refractivity contribution in [1.82, 2.24) is 4.90 Å². The van der Waals surface area contributed by atoms with Gasteiger partial charge in [0.2, 0.25) is 0 Å². The molecule has 110 valence electrons. The summed E-state index contributed by atoms with van der Waals surface area (Å²) in [7, 11) is 0. The van der Waals surface area contributed by atoms with E-state index in [-0.39, 0.29) is 11.8 Å². The predicted octanol–water partition coefficient (Wildman–Crippen LogP) is 2.32. The van der Waals surface area contributed by atoms with Gasteiger partial charge in [-0.25, -0.2) is 0 Å². The molecule has 1 amide bonds. The zero-order valence-corrected chi connectivity index (χ0v) is 12.2. The summed E-state index contributed by atoms with van der Waals surface area (Å²) in [5.74, 6) is 1.04. The van der Waals surface area contributed by atoms with Gasteiger partial charge in [0.15, 0.2) is 0 Å². The Morgan fingerprint density at radius 2 is 2.10 bits per heavy atom. The number of piperidine rings is 1. The summed E-state index contributed by atoms with van der Waals surface area (Å²) in [6, 6.07) is 7.23. The van der Waals surface area contributed by atoms with Crippen LogP contribution >= 0.6 is 0 Å². The predicted molar refractivity (Wildman–Crippen MR) is 77.9 cm³/mol. The summed E-state index contributed by atoms with van der Waals surface area (Å²) in [4.78, 5) is 14.1. The quantitative estimate of drug-likeness (QED) is 0.919. The van der Waals surface area contributed by atoms with E-state index in [1.165, 1.54) is 0 Å². The third-order valence-corrected chi connectivity index (χ3v) is 3.78. The molecule has 1 saturated heterocycles. The van der Waals surface area contributed by atoms with Gasteiger partial charge in [0, 0.05) is 18.7 Å². The van der Waals surface area contributed by atoms with Crippen LogP contribution in [0.1, 0.15) is 37.0 Å². The van der Waals surface area contributed by atoms with Gasteiger partial charge in [-0.15, -0.1) is 0 Å². The average Bonchev–Trinajstić information content (AvgIpc) is 2.48. The van der Waals surface area contributed by atoms with Gasteiger partial charge in [-0.3, -0.25) is 4.79 Å². The van der Waals surface area contributed by atoms with Crippen LogP contribution in [-0.2, 0) is 0 Å². The number of amides is 1. The van der Waals surface area contributed by atoms with Crippen molar-refractivity contribution < 1.29 is 14.6 Å². The maximum atomic E-state index is 12.4. The highest BCUT2D eigenvalue weighted by Gasteiger charge is 2.27. The third-order valence-electron chi connectivity index (χ3n) is 3.78. The fraction of sp³-hybridized carbons (Fsp3) is 0.562. The van der Waals surface area contributed by atoms with Gasteiger partial charge < -0.3 is 14.7 Å². The highest BCUT2D eigenvalue weighted by Crippen LogP contribution is 2.20. The number of carbonyl (C=O) groups is 1. The Balaban J connectivity index is 1.98. The lowest BCUT2D eigenvalue weighted by atomic mass is 9.95. The molecular weight excluding hydrogens is 254 g/mol. The first kappa shape index (κ1) is 14.9. The van der Waals surface area contributed by atoms with Crippen molar-refractivity contribution in [2.75, 3.05) is 19.7 Å². The van der Waals surface area contributed by atoms with Crippen LogP contribution in [0.25, 0.3) is 0 Å². The number of nitrogens with zero attached hydrogens (tertiary/aromatic N) is 1. The lowest BCUT2D eigenvalue weighted by Gasteiger charge is -2.34. The topological polar surface area (TPSA) is 49.8 Å². The zero-order valence-electron chi connectivity index (χ0n) is 12.2. The van der Waals surface area contributed by atoms with Crippen LogP contribution in [0.2, 0.25) is 0 Å². The molecule has 1 aliphatic heterocycles. The number of ether oxygens (including phenoxy) is 1. The maximum Gasteiger partial charge on any atom is 0.253 e. The van der Waals surface area contributed by atoms with Crippen molar-refractivity contribution in [1.29, 1.82) is 0 Å². The number of hydrogen-bond acceptors (Lipinski definition) is 3. The highest BCUT2D eigenvalue weighted by molar-refractivity contribution is 5.94. The number of benzene rings is 1. The van der Waals surface area contributed by atoms with Crippen molar-refractivity contribution >= 4 is 5.91 Å². The van der Waals surface area contributed by atoms with Crippen LogP contribution in [0.5, 0.6) is 5.75 Å². The Kier molecular flexibility index (Phi) is 5.01. The second-order valence-corrected chi connectivity index (χ2v) is 5.46. The minimum absolute atomic E-state index is 0.0157. The summed E-state index contributed by atoms with van der Waals surface area (Å²) >= 11 is 0. The third kappa shape index (κ3) is 3.51. The molecule has 1 aromatic carbocycles. The maximum absolute atomic E-state index is 12.4. The molecule has 1 aliphatic rings. The minimum atomic E-state index is -0.417. The number of β-amino-alcohol motifs (C(OH)–C–C–N with tert-alkyl or cyclic N) is 1. The summed E-state index contributed by atoms with van der Waals surface area (Å²) in [6.07, 6.45) is 1.40. The molecule has 0 aliphatic carbocycles. The lowest BCUT2D eigenvalue weighted by Crippen LogP contribution is -2.45. The molecular formula is C16H23NO3. The van der Waals surface area contributed by atoms with Crippen LogP contribution in [0.4, 0.5) is 0 Å². The van der Waals surface area contributed by atoms with Gasteiger partial charge >= 0.3 is 0 Å². The van der Waals surface area contributed by atoms with E-state index in [4.69, 9.17) is 4.74 Å². The molecule has 4 heteroatoms. The zero-order chi connectivity index (χ0) is 14.5. The highest BCUT2D eigenvalue weighted by atomic mass is 16.5. The summed E-state index contributed by atoms with van der Waals surface area (Å²) < 4.78 is 5.50. The van der Waals surface area contributed by atoms with Crippen molar-refractivity contribution in [3.05, 3.63) is 29.8 Å². The van der Waals surface area contributed by atoms with E-state index in [2.05, 4.69) is 6.92 Å². The number of rotatable bonds is 4. The van der Waals surface area contributed by atoms with E-state index < -0.39 is 6.10 Å². The van der Waals surface area contributed by atoms with Gasteiger partial charge in [0.25, 0.3) is 5.91 Å². The molecule has 0 saturated carbocycles. The Labute approximate surface area is 120 Å². The molecule has 1 aromatic rings. The first-order valence-corrected chi connectivity index (χ1v) is 7.32. The van der Waals surface area contributed by atoms with Crippen LogP contribution in [0, 0.1) is 5.92 Å². The molecule has 1 fully saturated rings. The Morgan fingerprint density at radius 3 is 2.70 bits per heavy atom. The van der Waals surface area contributed by atoms with Crippen molar-refractivity contribution in [3.63, 3.8) is 0 Å². The fourth-order valence-corrected chi connectivity index (χ4v) is 2.33. The SMILES string of the molecule is CCCOc1ccc(C(=O)N2CCC(C)C(O)C2)cc1. The second kappa shape index (κ2) is 6.75.